The van der Waals surface area contributed by atoms with Crippen molar-refractivity contribution in [2.24, 2.45) is 0 Å². The summed E-state index contributed by atoms with van der Waals surface area (Å²) >= 11 is 6.19. The molecule has 3 rings (SSSR count). The summed E-state index contributed by atoms with van der Waals surface area (Å²) in [5.41, 5.74) is 2.56. The van der Waals surface area contributed by atoms with Crippen LogP contribution in [0.4, 0.5) is 5.69 Å². The van der Waals surface area contributed by atoms with Gasteiger partial charge < -0.3 is 15.0 Å². The third-order valence-electron chi connectivity index (χ3n) is 7.19. The minimum absolute atomic E-state index is 0.0520. The van der Waals surface area contributed by atoms with Crippen molar-refractivity contribution < 1.29 is 22.7 Å². The number of amides is 2. The lowest BCUT2D eigenvalue weighted by molar-refractivity contribution is -0.140. The van der Waals surface area contributed by atoms with Crippen LogP contribution >= 0.6 is 11.6 Å². The molecule has 0 spiro atoms. The predicted molar refractivity (Wildman–Crippen MR) is 167 cm³/mol. The highest BCUT2D eigenvalue weighted by Crippen LogP contribution is 2.30. The van der Waals surface area contributed by atoms with Gasteiger partial charge in [-0.3, -0.25) is 13.9 Å². The van der Waals surface area contributed by atoms with E-state index < -0.39 is 28.5 Å². The molecule has 8 nitrogen and oxygen atoms in total. The second-order valence-electron chi connectivity index (χ2n) is 10.4. The van der Waals surface area contributed by atoms with E-state index in [1.54, 1.807) is 56.5 Å². The van der Waals surface area contributed by atoms with Crippen LogP contribution < -0.4 is 14.4 Å². The van der Waals surface area contributed by atoms with Gasteiger partial charge in [0.1, 0.15) is 18.3 Å². The van der Waals surface area contributed by atoms with E-state index in [4.69, 9.17) is 16.3 Å². The summed E-state index contributed by atoms with van der Waals surface area (Å²) in [6.45, 7) is 8.87. The maximum Gasteiger partial charge on any atom is 0.264 e. The van der Waals surface area contributed by atoms with Crippen LogP contribution in [0.5, 0.6) is 5.75 Å². The van der Waals surface area contributed by atoms with E-state index in [2.05, 4.69) is 5.32 Å². The van der Waals surface area contributed by atoms with Crippen LogP contribution in [0, 0.1) is 13.8 Å². The Hall–Kier alpha value is -3.56. The van der Waals surface area contributed by atoms with Crippen LogP contribution in [0.3, 0.4) is 0 Å². The SMILES string of the molecule is CC[C@@H](C)NC(=O)[C@@H](CC)N(Cc1cccc(OC)c1)C(=O)CN(c1ccc(Cl)cc1C)S(=O)(=O)c1ccc(C)cc1. The molecule has 42 heavy (non-hydrogen) atoms. The Bertz CT molecular complexity index is 1490. The molecule has 0 unspecified atom stereocenters. The molecular weight excluding hydrogens is 574 g/mol. The van der Waals surface area contributed by atoms with Crippen molar-refractivity contribution >= 4 is 39.1 Å². The molecule has 0 saturated heterocycles. The summed E-state index contributed by atoms with van der Waals surface area (Å²) in [7, 11) is -2.62. The van der Waals surface area contributed by atoms with Crippen LogP contribution in [0.25, 0.3) is 0 Å². The number of ether oxygens (including phenoxy) is 1. The van der Waals surface area contributed by atoms with Gasteiger partial charge in [0.15, 0.2) is 0 Å². The maximum absolute atomic E-state index is 14.2. The third kappa shape index (κ3) is 8.04. The monoisotopic (exact) mass is 613 g/mol. The molecule has 0 aliphatic rings. The molecule has 0 aliphatic heterocycles. The highest BCUT2D eigenvalue weighted by molar-refractivity contribution is 7.92. The molecule has 0 heterocycles. The highest BCUT2D eigenvalue weighted by Gasteiger charge is 2.34. The number of carbonyl (C=O) groups excluding carboxylic acids is 2. The minimum Gasteiger partial charge on any atom is -0.497 e. The number of hydrogen-bond donors (Lipinski definition) is 1. The zero-order valence-corrected chi connectivity index (χ0v) is 26.6. The van der Waals surface area contributed by atoms with Crippen molar-refractivity contribution in [3.8, 4) is 5.75 Å². The van der Waals surface area contributed by atoms with E-state index in [1.165, 1.54) is 17.0 Å². The lowest BCUT2D eigenvalue weighted by atomic mass is 10.1. The topological polar surface area (TPSA) is 96.0 Å². The molecule has 3 aromatic rings. The van der Waals surface area contributed by atoms with Crippen LogP contribution in [0.2, 0.25) is 5.02 Å². The van der Waals surface area contributed by atoms with Crippen LogP contribution in [-0.4, -0.2) is 50.9 Å². The maximum atomic E-state index is 14.2. The number of anilines is 1. The number of halogens is 1. The molecule has 2 atom stereocenters. The Morgan fingerprint density at radius 1 is 0.976 bits per heavy atom. The van der Waals surface area contributed by atoms with Crippen molar-refractivity contribution in [3.05, 3.63) is 88.4 Å². The van der Waals surface area contributed by atoms with E-state index in [-0.39, 0.29) is 23.4 Å². The summed E-state index contributed by atoms with van der Waals surface area (Å²) in [4.78, 5) is 29.2. The molecule has 0 fully saturated rings. The van der Waals surface area contributed by atoms with E-state index in [9.17, 15) is 18.0 Å². The molecule has 0 aliphatic carbocycles. The van der Waals surface area contributed by atoms with Crippen LogP contribution in [0.15, 0.2) is 71.6 Å². The zero-order chi connectivity index (χ0) is 31.0. The van der Waals surface area contributed by atoms with Gasteiger partial charge in [-0.25, -0.2) is 8.42 Å². The second kappa shape index (κ2) is 14.6. The number of sulfonamides is 1. The van der Waals surface area contributed by atoms with Gasteiger partial charge in [-0.05, 0) is 87.2 Å². The Labute approximate surface area is 254 Å². The van der Waals surface area contributed by atoms with Gasteiger partial charge in [0.2, 0.25) is 11.8 Å². The first-order valence-electron chi connectivity index (χ1n) is 14.0. The molecule has 0 aromatic heterocycles. The standard InChI is InChI=1S/C32H40ClN3O5S/c1-7-24(5)34-32(38)29(8-2)35(20-25-10-9-11-27(19-25)41-6)31(37)21-36(30-17-14-26(33)18-23(30)4)42(39,40)28-15-12-22(3)13-16-28/h9-19,24,29H,7-8,20-21H2,1-6H3,(H,34,38)/t24-,29-/m1/s1. The Morgan fingerprint density at radius 2 is 1.67 bits per heavy atom. The molecule has 10 heteroatoms. The van der Waals surface area contributed by atoms with E-state index in [0.29, 0.717) is 28.4 Å². The fourth-order valence-corrected chi connectivity index (χ4v) is 6.28. The van der Waals surface area contributed by atoms with Gasteiger partial charge in [-0.1, -0.05) is 55.3 Å². The van der Waals surface area contributed by atoms with E-state index >= 15 is 0 Å². The van der Waals surface area contributed by atoms with Crippen LogP contribution in [-0.2, 0) is 26.2 Å². The summed E-state index contributed by atoms with van der Waals surface area (Å²) in [5, 5.41) is 3.43. The van der Waals surface area contributed by atoms with Crippen molar-refractivity contribution in [3.63, 3.8) is 0 Å². The summed E-state index contributed by atoms with van der Waals surface area (Å²) in [5.74, 6) is -0.204. The Balaban J connectivity index is 2.10. The summed E-state index contributed by atoms with van der Waals surface area (Å²) in [6.07, 6.45) is 1.06. The number of methoxy groups -OCH3 is 1. The smallest absolute Gasteiger partial charge is 0.264 e. The van der Waals surface area contributed by atoms with Gasteiger partial charge in [0.05, 0.1) is 17.7 Å². The first-order valence-corrected chi connectivity index (χ1v) is 15.8. The molecule has 2 amide bonds. The quantitative estimate of drug-likeness (QED) is 0.260. The number of nitrogens with one attached hydrogen (secondary N) is 1. The number of carbonyl (C=O) groups is 2. The van der Waals surface area contributed by atoms with Gasteiger partial charge >= 0.3 is 0 Å². The largest absolute Gasteiger partial charge is 0.497 e. The second-order valence-corrected chi connectivity index (χ2v) is 12.7. The van der Waals surface area contributed by atoms with Crippen LogP contribution in [0.1, 0.15) is 50.3 Å². The lowest BCUT2D eigenvalue weighted by Crippen LogP contribution is -2.53. The number of benzene rings is 3. The molecule has 0 radical (unpaired) electrons. The average Bonchev–Trinajstić information content (AvgIpc) is 2.96. The summed E-state index contributed by atoms with van der Waals surface area (Å²) in [6, 6.07) is 17.6. The van der Waals surface area contributed by atoms with Crippen molar-refractivity contribution in [2.75, 3.05) is 18.0 Å². The number of nitrogens with zero attached hydrogens (tertiary/aromatic N) is 2. The number of aryl methyl sites for hydroxylation is 2. The summed E-state index contributed by atoms with van der Waals surface area (Å²) < 4.78 is 34.6. The van der Waals surface area contributed by atoms with Gasteiger partial charge in [0, 0.05) is 17.6 Å². The molecule has 3 aromatic carbocycles. The average molecular weight is 614 g/mol. The first kappa shape index (κ1) is 32.9. The first-order chi connectivity index (χ1) is 19.9. The van der Waals surface area contributed by atoms with Crippen molar-refractivity contribution in [2.45, 2.75) is 71.0 Å². The van der Waals surface area contributed by atoms with Crippen molar-refractivity contribution in [1.29, 1.82) is 0 Å². The Morgan fingerprint density at radius 3 is 2.26 bits per heavy atom. The van der Waals surface area contributed by atoms with Gasteiger partial charge in [-0.15, -0.1) is 0 Å². The molecule has 0 saturated carbocycles. The minimum atomic E-state index is -4.17. The molecular formula is C32H40ClN3O5S. The van der Waals surface area contributed by atoms with Gasteiger partial charge in [0.25, 0.3) is 10.0 Å². The normalized spacial score (nSPS) is 12.7. The lowest BCUT2D eigenvalue weighted by Gasteiger charge is -2.34. The number of rotatable bonds is 13. The predicted octanol–water partition coefficient (Wildman–Crippen LogP) is 5.88. The number of hydrogen-bond acceptors (Lipinski definition) is 5. The fourth-order valence-electron chi connectivity index (χ4n) is 4.58. The van der Waals surface area contributed by atoms with Crippen molar-refractivity contribution in [1.82, 2.24) is 10.2 Å². The molecule has 0 bridgehead atoms. The zero-order valence-electron chi connectivity index (χ0n) is 25.1. The fraction of sp³-hybridized carbons (Fsp3) is 0.375. The molecule has 1 N–H and O–H groups in total. The molecule has 226 valence electrons. The Kier molecular flexibility index (Phi) is 11.4. The van der Waals surface area contributed by atoms with E-state index in [1.807, 2.05) is 39.8 Å². The third-order valence-corrected chi connectivity index (χ3v) is 9.20. The van der Waals surface area contributed by atoms with Gasteiger partial charge in [-0.2, -0.15) is 0 Å². The van der Waals surface area contributed by atoms with E-state index in [0.717, 1.165) is 21.9 Å². The highest BCUT2D eigenvalue weighted by atomic mass is 35.5.